The number of aryl methyl sites for hydroxylation is 1. The molecule has 1 fully saturated rings. The molecule has 0 bridgehead atoms. The molecular formula is C30H39N3O6. The van der Waals surface area contributed by atoms with E-state index >= 15 is 0 Å². The minimum atomic E-state index is -0.605. The summed E-state index contributed by atoms with van der Waals surface area (Å²) in [6.07, 6.45) is 4.92. The third-order valence-corrected chi connectivity index (χ3v) is 7.03. The summed E-state index contributed by atoms with van der Waals surface area (Å²) < 4.78 is 23.9. The predicted molar refractivity (Wildman–Crippen MR) is 148 cm³/mol. The number of pyridine rings is 1. The van der Waals surface area contributed by atoms with Gasteiger partial charge >= 0.3 is 12.1 Å². The molecule has 0 radical (unpaired) electrons. The van der Waals surface area contributed by atoms with Crippen molar-refractivity contribution in [3.8, 4) is 5.75 Å². The van der Waals surface area contributed by atoms with Crippen LogP contribution < -0.4 is 4.74 Å². The van der Waals surface area contributed by atoms with Gasteiger partial charge < -0.3 is 18.9 Å². The van der Waals surface area contributed by atoms with Gasteiger partial charge in [0.05, 0.1) is 25.8 Å². The fourth-order valence-corrected chi connectivity index (χ4v) is 5.31. The standard InChI is InChI=1S/C30H39N3O6/c1-8-38-21-11-13-32(25(16-21)20-9-10-24(31-17-20)28(34)37-7)18-23-22-12-14-33(29(35)39-30(3,4)5)27(22)19(2)15-26(23)36-6/h9-10,12,14-15,17,21,25H,8,11,13,16,18H2,1-7H3/t21-,25-/m0/s1. The minimum Gasteiger partial charge on any atom is -0.496 e. The van der Waals surface area contributed by atoms with Gasteiger partial charge in [0, 0.05) is 49.1 Å². The Bertz CT molecular complexity index is 1330. The van der Waals surface area contributed by atoms with Gasteiger partial charge in [-0.15, -0.1) is 0 Å². The van der Waals surface area contributed by atoms with Crippen LogP contribution in [-0.4, -0.2) is 65.6 Å². The molecule has 0 aliphatic carbocycles. The maximum Gasteiger partial charge on any atom is 0.419 e. The predicted octanol–water partition coefficient (Wildman–Crippen LogP) is 5.67. The van der Waals surface area contributed by atoms with Crippen molar-refractivity contribution in [1.82, 2.24) is 14.5 Å². The molecule has 3 heterocycles. The molecule has 0 saturated carbocycles. The Morgan fingerprint density at radius 3 is 2.54 bits per heavy atom. The number of ether oxygens (including phenoxy) is 4. The summed E-state index contributed by atoms with van der Waals surface area (Å²) in [7, 11) is 3.02. The second-order valence-corrected chi connectivity index (χ2v) is 10.9. The van der Waals surface area contributed by atoms with Crippen LogP contribution in [0.2, 0.25) is 0 Å². The molecule has 1 aromatic carbocycles. The Balaban J connectivity index is 1.72. The molecule has 1 saturated heterocycles. The molecule has 4 rings (SSSR count). The maximum atomic E-state index is 13.0. The first kappa shape index (κ1) is 28.6. The molecule has 1 aliphatic rings. The first-order valence-corrected chi connectivity index (χ1v) is 13.4. The summed E-state index contributed by atoms with van der Waals surface area (Å²) in [6, 6.07) is 7.59. The second kappa shape index (κ2) is 11.8. The van der Waals surface area contributed by atoms with E-state index in [0.717, 1.165) is 52.7 Å². The van der Waals surface area contributed by atoms with Gasteiger partial charge in [-0.3, -0.25) is 9.47 Å². The number of hydrogen-bond donors (Lipinski definition) is 0. The van der Waals surface area contributed by atoms with E-state index in [1.54, 1.807) is 30.1 Å². The van der Waals surface area contributed by atoms with E-state index in [1.165, 1.54) is 7.11 Å². The SMILES string of the molecule is CCO[C@H]1CCN(Cc2c(OC)cc(C)c3c2ccn3C(=O)OC(C)(C)C)[C@H](c2ccc(C(=O)OC)nc2)C1. The summed E-state index contributed by atoms with van der Waals surface area (Å²) in [6.45, 7) is 11.6. The number of nitrogens with zero attached hydrogens (tertiary/aromatic N) is 3. The molecule has 0 amide bonds. The van der Waals surface area contributed by atoms with E-state index in [2.05, 4.69) is 9.88 Å². The number of rotatable bonds is 7. The van der Waals surface area contributed by atoms with Crippen molar-refractivity contribution in [2.75, 3.05) is 27.4 Å². The maximum absolute atomic E-state index is 13.0. The van der Waals surface area contributed by atoms with E-state index in [1.807, 2.05) is 52.8 Å². The van der Waals surface area contributed by atoms with E-state index in [0.29, 0.717) is 13.2 Å². The third-order valence-electron chi connectivity index (χ3n) is 7.03. The van der Waals surface area contributed by atoms with Crippen molar-refractivity contribution >= 4 is 23.0 Å². The minimum absolute atomic E-state index is 0.0171. The number of fused-ring (bicyclic) bond motifs is 1. The van der Waals surface area contributed by atoms with Crippen LogP contribution in [0.1, 0.15) is 73.8 Å². The number of esters is 1. The van der Waals surface area contributed by atoms with Crippen LogP contribution in [0.5, 0.6) is 5.75 Å². The Labute approximate surface area is 230 Å². The lowest BCUT2D eigenvalue weighted by molar-refractivity contribution is -0.0139. The highest BCUT2D eigenvalue weighted by Crippen LogP contribution is 2.38. The molecule has 2 aromatic heterocycles. The quantitative estimate of drug-likeness (QED) is 0.356. The fourth-order valence-electron chi connectivity index (χ4n) is 5.31. The lowest BCUT2D eigenvalue weighted by Crippen LogP contribution is -2.39. The highest BCUT2D eigenvalue weighted by molar-refractivity contribution is 5.95. The van der Waals surface area contributed by atoms with E-state index in [9.17, 15) is 9.59 Å². The average Bonchev–Trinajstić information content (AvgIpc) is 3.36. The first-order valence-electron chi connectivity index (χ1n) is 13.4. The van der Waals surface area contributed by atoms with E-state index in [-0.39, 0.29) is 17.8 Å². The second-order valence-electron chi connectivity index (χ2n) is 10.9. The number of methoxy groups -OCH3 is 2. The summed E-state index contributed by atoms with van der Waals surface area (Å²) in [5.41, 5.74) is 3.41. The van der Waals surface area contributed by atoms with Crippen molar-refractivity contribution in [2.24, 2.45) is 0 Å². The van der Waals surface area contributed by atoms with Crippen LogP contribution in [0.3, 0.4) is 0 Å². The lowest BCUT2D eigenvalue weighted by atomic mass is 9.92. The number of carbonyl (C=O) groups is 2. The van der Waals surface area contributed by atoms with E-state index < -0.39 is 17.7 Å². The van der Waals surface area contributed by atoms with Crippen molar-refractivity contribution in [2.45, 2.75) is 71.8 Å². The van der Waals surface area contributed by atoms with Gasteiger partial charge in [-0.1, -0.05) is 6.07 Å². The Kier molecular flexibility index (Phi) is 8.61. The van der Waals surface area contributed by atoms with Crippen molar-refractivity contribution in [1.29, 1.82) is 0 Å². The van der Waals surface area contributed by atoms with Crippen LogP contribution in [0.25, 0.3) is 10.9 Å². The molecule has 0 unspecified atom stereocenters. The van der Waals surface area contributed by atoms with Gasteiger partial charge in [-0.25, -0.2) is 14.6 Å². The summed E-state index contributed by atoms with van der Waals surface area (Å²) in [5, 5.41) is 0.947. The highest BCUT2D eigenvalue weighted by atomic mass is 16.6. The van der Waals surface area contributed by atoms with E-state index in [4.69, 9.17) is 18.9 Å². The van der Waals surface area contributed by atoms with Crippen LogP contribution in [0.15, 0.2) is 36.7 Å². The molecule has 2 atom stereocenters. The van der Waals surface area contributed by atoms with Gasteiger partial charge in [0.2, 0.25) is 0 Å². The van der Waals surface area contributed by atoms with Crippen LogP contribution >= 0.6 is 0 Å². The number of carbonyl (C=O) groups excluding carboxylic acids is 2. The van der Waals surface area contributed by atoms with Gasteiger partial charge in [0.15, 0.2) is 0 Å². The van der Waals surface area contributed by atoms with Crippen molar-refractivity contribution in [3.05, 3.63) is 59.0 Å². The molecular weight excluding hydrogens is 498 g/mol. The number of piperidine rings is 1. The third kappa shape index (κ3) is 6.25. The van der Waals surface area contributed by atoms with Crippen LogP contribution in [-0.2, 0) is 20.8 Å². The van der Waals surface area contributed by atoms with Crippen molar-refractivity contribution in [3.63, 3.8) is 0 Å². The summed E-state index contributed by atoms with van der Waals surface area (Å²) in [4.78, 5) is 31.7. The lowest BCUT2D eigenvalue weighted by Gasteiger charge is -2.40. The highest BCUT2D eigenvalue weighted by Gasteiger charge is 2.32. The summed E-state index contributed by atoms with van der Waals surface area (Å²) >= 11 is 0. The zero-order valence-electron chi connectivity index (χ0n) is 23.9. The molecule has 0 N–H and O–H groups in total. The molecule has 39 heavy (non-hydrogen) atoms. The molecule has 1 aliphatic heterocycles. The van der Waals surface area contributed by atoms with Crippen LogP contribution in [0.4, 0.5) is 4.79 Å². The smallest absolute Gasteiger partial charge is 0.419 e. The fraction of sp³-hybridized carbons (Fsp3) is 0.500. The van der Waals surface area contributed by atoms with Gasteiger partial charge in [-0.05, 0) is 76.8 Å². The monoisotopic (exact) mass is 537 g/mol. The Morgan fingerprint density at radius 2 is 1.92 bits per heavy atom. The summed E-state index contributed by atoms with van der Waals surface area (Å²) in [5.74, 6) is 0.308. The van der Waals surface area contributed by atoms with Crippen LogP contribution in [0, 0.1) is 6.92 Å². The molecule has 9 nitrogen and oxygen atoms in total. The molecule has 0 spiro atoms. The largest absolute Gasteiger partial charge is 0.496 e. The van der Waals surface area contributed by atoms with Crippen molar-refractivity contribution < 1.29 is 28.5 Å². The van der Waals surface area contributed by atoms with Gasteiger partial charge in [0.1, 0.15) is 17.0 Å². The Morgan fingerprint density at radius 1 is 1.15 bits per heavy atom. The molecule has 210 valence electrons. The topological polar surface area (TPSA) is 92.1 Å². The number of likely N-dealkylation sites (tertiary alicyclic amines) is 1. The first-order chi connectivity index (χ1) is 18.6. The molecule has 3 aromatic rings. The zero-order valence-corrected chi connectivity index (χ0v) is 23.9. The number of benzene rings is 1. The van der Waals surface area contributed by atoms with Gasteiger partial charge in [0.25, 0.3) is 0 Å². The number of hydrogen-bond acceptors (Lipinski definition) is 8. The Hall–Kier alpha value is -3.43. The van der Waals surface area contributed by atoms with Gasteiger partial charge in [-0.2, -0.15) is 0 Å². The normalized spacial score (nSPS) is 18.2. The zero-order chi connectivity index (χ0) is 28.3. The molecule has 9 heteroatoms. The average molecular weight is 538 g/mol. The number of aromatic nitrogens is 2.